The molecule has 0 N–H and O–H groups in total. The number of carbonyl (C=O) groups excluding carboxylic acids is 1. The van der Waals surface area contributed by atoms with E-state index in [0.717, 1.165) is 5.56 Å². The molecule has 0 aliphatic carbocycles. The zero-order chi connectivity index (χ0) is 21.6. The highest BCUT2D eigenvalue weighted by molar-refractivity contribution is 7.89. The Hall–Kier alpha value is -2.90. The SMILES string of the molecule is CCN(CC)S(=O)(=O)c1ccc(C(=O)N(Cc2ccccc2)Cc2ccco2)cc1. The molecule has 0 unspecified atom stereocenters. The molecule has 1 heterocycles. The summed E-state index contributed by atoms with van der Waals surface area (Å²) in [6.07, 6.45) is 1.58. The van der Waals surface area contributed by atoms with E-state index in [0.29, 0.717) is 37.5 Å². The summed E-state index contributed by atoms with van der Waals surface area (Å²) in [7, 11) is -3.56. The van der Waals surface area contributed by atoms with Gasteiger partial charge < -0.3 is 9.32 Å². The lowest BCUT2D eigenvalue weighted by Gasteiger charge is -2.22. The lowest BCUT2D eigenvalue weighted by atomic mass is 10.1. The monoisotopic (exact) mass is 426 g/mol. The van der Waals surface area contributed by atoms with E-state index in [4.69, 9.17) is 4.42 Å². The number of hydrogen-bond acceptors (Lipinski definition) is 4. The third kappa shape index (κ3) is 4.98. The molecule has 3 aromatic rings. The van der Waals surface area contributed by atoms with Gasteiger partial charge in [-0.2, -0.15) is 4.31 Å². The van der Waals surface area contributed by atoms with Gasteiger partial charge in [-0.15, -0.1) is 0 Å². The predicted molar refractivity (Wildman–Crippen MR) is 115 cm³/mol. The van der Waals surface area contributed by atoms with Gasteiger partial charge in [0.2, 0.25) is 10.0 Å². The van der Waals surface area contributed by atoms with Crippen molar-refractivity contribution in [3.63, 3.8) is 0 Å². The smallest absolute Gasteiger partial charge is 0.254 e. The van der Waals surface area contributed by atoms with Crippen LogP contribution in [0.3, 0.4) is 0 Å². The summed E-state index contributed by atoms with van der Waals surface area (Å²) >= 11 is 0. The number of amides is 1. The molecule has 3 rings (SSSR count). The fraction of sp³-hybridized carbons (Fsp3) is 0.261. The van der Waals surface area contributed by atoms with E-state index >= 15 is 0 Å². The molecule has 1 aromatic heterocycles. The molecule has 0 aliphatic heterocycles. The molecule has 0 bridgehead atoms. The Morgan fingerprint density at radius 2 is 1.53 bits per heavy atom. The summed E-state index contributed by atoms with van der Waals surface area (Å²) in [6, 6.07) is 19.4. The van der Waals surface area contributed by atoms with Crippen molar-refractivity contribution in [3.8, 4) is 0 Å². The Bertz CT molecular complexity index is 1040. The van der Waals surface area contributed by atoms with Crippen LogP contribution in [0.1, 0.15) is 35.5 Å². The zero-order valence-electron chi connectivity index (χ0n) is 17.2. The topological polar surface area (TPSA) is 70.8 Å². The number of carbonyl (C=O) groups is 1. The number of hydrogen-bond donors (Lipinski definition) is 0. The maximum absolute atomic E-state index is 13.2. The molecule has 0 fully saturated rings. The van der Waals surface area contributed by atoms with Gasteiger partial charge in [-0.25, -0.2) is 8.42 Å². The van der Waals surface area contributed by atoms with E-state index in [2.05, 4.69) is 0 Å². The zero-order valence-corrected chi connectivity index (χ0v) is 18.0. The molecule has 0 atom stereocenters. The molecule has 0 radical (unpaired) electrons. The number of sulfonamides is 1. The third-order valence-electron chi connectivity index (χ3n) is 4.87. The second-order valence-electron chi connectivity index (χ2n) is 6.84. The normalized spacial score (nSPS) is 11.6. The summed E-state index contributed by atoms with van der Waals surface area (Å²) in [4.78, 5) is 15.1. The summed E-state index contributed by atoms with van der Waals surface area (Å²) < 4.78 is 32.2. The average molecular weight is 427 g/mol. The average Bonchev–Trinajstić information content (AvgIpc) is 3.27. The van der Waals surface area contributed by atoms with Crippen LogP contribution in [0.2, 0.25) is 0 Å². The predicted octanol–water partition coefficient (Wildman–Crippen LogP) is 4.15. The highest BCUT2D eigenvalue weighted by Gasteiger charge is 2.23. The second kappa shape index (κ2) is 9.73. The van der Waals surface area contributed by atoms with Gasteiger partial charge in [0.25, 0.3) is 5.91 Å². The lowest BCUT2D eigenvalue weighted by molar-refractivity contribution is 0.0717. The Balaban J connectivity index is 1.85. The van der Waals surface area contributed by atoms with Crippen LogP contribution in [0, 0.1) is 0 Å². The van der Waals surface area contributed by atoms with E-state index < -0.39 is 10.0 Å². The highest BCUT2D eigenvalue weighted by atomic mass is 32.2. The summed E-state index contributed by atoms with van der Waals surface area (Å²) in [6.45, 7) is 5.13. The minimum Gasteiger partial charge on any atom is -0.467 e. The van der Waals surface area contributed by atoms with Gasteiger partial charge in [0.1, 0.15) is 5.76 Å². The van der Waals surface area contributed by atoms with Crippen molar-refractivity contribution in [2.24, 2.45) is 0 Å². The van der Waals surface area contributed by atoms with Crippen LogP contribution in [-0.2, 0) is 23.1 Å². The summed E-state index contributed by atoms with van der Waals surface area (Å²) in [5, 5.41) is 0. The maximum atomic E-state index is 13.2. The molecule has 0 saturated heterocycles. The Labute approximate surface area is 177 Å². The van der Waals surface area contributed by atoms with Gasteiger partial charge in [-0.05, 0) is 42.0 Å². The van der Waals surface area contributed by atoms with Crippen LogP contribution in [0.4, 0.5) is 0 Å². The van der Waals surface area contributed by atoms with E-state index in [9.17, 15) is 13.2 Å². The van der Waals surface area contributed by atoms with Crippen LogP contribution in [-0.4, -0.2) is 36.6 Å². The van der Waals surface area contributed by atoms with Crippen molar-refractivity contribution in [3.05, 3.63) is 89.9 Å². The van der Waals surface area contributed by atoms with E-state index in [-0.39, 0.29) is 10.8 Å². The van der Waals surface area contributed by atoms with Gasteiger partial charge in [0, 0.05) is 25.2 Å². The molecule has 0 spiro atoms. The van der Waals surface area contributed by atoms with Crippen molar-refractivity contribution >= 4 is 15.9 Å². The van der Waals surface area contributed by atoms with Gasteiger partial charge in [-0.3, -0.25) is 4.79 Å². The fourth-order valence-electron chi connectivity index (χ4n) is 3.26. The largest absolute Gasteiger partial charge is 0.467 e. The van der Waals surface area contributed by atoms with Crippen molar-refractivity contribution in [1.29, 1.82) is 0 Å². The van der Waals surface area contributed by atoms with Crippen LogP contribution in [0.15, 0.2) is 82.3 Å². The molecule has 0 aliphatic rings. The molecule has 7 heteroatoms. The van der Waals surface area contributed by atoms with Crippen LogP contribution in [0.25, 0.3) is 0 Å². The lowest BCUT2D eigenvalue weighted by Crippen LogP contribution is -2.31. The first-order valence-corrected chi connectivity index (χ1v) is 11.4. The maximum Gasteiger partial charge on any atom is 0.254 e. The first-order chi connectivity index (χ1) is 14.5. The number of rotatable bonds is 9. The minimum atomic E-state index is -3.56. The molecule has 1 amide bonds. The van der Waals surface area contributed by atoms with E-state index in [1.807, 2.05) is 36.4 Å². The Morgan fingerprint density at radius 3 is 2.10 bits per heavy atom. The van der Waals surface area contributed by atoms with Crippen molar-refractivity contribution in [2.75, 3.05) is 13.1 Å². The first kappa shape index (κ1) is 21.8. The molecule has 158 valence electrons. The first-order valence-electron chi connectivity index (χ1n) is 9.91. The molecular weight excluding hydrogens is 400 g/mol. The highest BCUT2D eigenvalue weighted by Crippen LogP contribution is 2.19. The van der Waals surface area contributed by atoms with Gasteiger partial charge in [0.05, 0.1) is 17.7 Å². The van der Waals surface area contributed by atoms with Crippen molar-refractivity contribution in [1.82, 2.24) is 9.21 Å². The molecular formula is C23H26N2O4S. The summed E-state index contributed by atoms with van der Waals surface area (Å²) in [5.41, 5.74) is 1.43. The Kier molecular flexibility index (Phi) is 7.07. The standard InChI is InChI=1S/C23H26N2O4S/c1-3-25(4-2)30(27,28)22-14-12-20(13-15-22)23(26)24(18-21-11-8-16-29-21)17-19-9-6-5-7-10-19/h5-16H,3-4,17-18H2,1-2H3. The van der Waals surface area contributed by atoms with Gasteiger partial charge in [0.15, 0.2) is 0 Å². The number of benzene rings is 2. The van der Waals surface area contributed by atoms with Crippen molar-refractivity contribution in [2.45, 2.75) is 31.8 Å². The quantitative estimate of drug-likeness (QED) is 0.515. The molecule has 30 heavy (non-hydrogen) atoms. The molecule has 0 saturated carbocycles. The van der Waals surface area contributed by atoms with Crippen LogP contribution < -0.4 is 0 Å². The van der Waals surface area contributed by atoms with Gasteiger partial charge >= 0.3 is 0 Å². The van der Waals surface area contributed by atoms with Crippen molar-refractivity contribution < 1.29 is 17.6 Å². The third-order valence-corrected chi connectivity index (χ3v) is 6.94. The molecule has 6 nitrogen and oxygen atoms in total. The Morgan fingerprint density at radius 1 is 0.867 bits per heavy atom. The second-order valence-corrected chi connectivity index (χ2v) is 8.78. The number of nitrogens with zero attached hydrogens (tertiary/aromatic N) is 2. The minimum absolute atomic E-state index is 0.184. The van der Waals surface area contributed by atoms with E-state index in [1.165, 1.54) is 16.4 Å². The van der Waals surface area contributed by atoms with E-state index in [1.54, 1.807) is 43.2 Å². The van der Waals surface area contributed by atoms with Crippen LogP contribution in [0.5, 0.6) is 0 Å². The summed E-state index contributed by atoms with van der Waals surface area (Å²) in [5.74, 6) is 0.488. The molecule has 2 aromatic carbocycles. The van der Waals surface area contributed by atoms with Gasteiger partial charge in [-0.1, -0.05) is 44.2 Å². The fourth-order valence-corrected chi connectivity index (χ4v) is 4.72. The number of furan rings is 1. The van der Waals surface area contributed by atoms with Crippen LogP contribution >= 0.6 is 0 Å².